The lowest BCUT2D eigenvalue weighted by Crippen LogP contribution is -1.97. The Labute approximate surface area is 116 Å². The van der Waals surface area contributed by atoms with Crippen LogP contribution < -0.4 is 0 Å². The van der Waals surface area contributed by atoms with E-state index in [0.29, 0.717) is 5.65 Å². The highest BCUT2D eigenvalue weighted by molar-refractivity contribution is 14.1. The van der Waals surface area contributed by atoms with Crippen molar-refractivity contribution in [3.8, 4) is 5.69 Å². The van der Waals surface area contributed by atoms with Gasteiger partial charge in [0.15, 0.2) is 5.65 Å². The molecule has 0 bridgehead atoms. The minimum Gasteiger partial charge on any atom is -0.226 e. The van der Waals surface area contributed by atoms with Crippen molar-refractivity contribution in [1.82, 2.24) is 19.7 Å². The molecule has 0 saturated heterocycles. The molecule has 0 radical (unpaired) electrons. The molecule has 0 fully saturated rings. The summed E-state index contributed by atoms with van der Waals surface area (Å²) in [6.07, 6.45) is 3.39. The monoisotopic (exact) mass is 356 g/mol. The van der Waals surface area contributed by atoms with Crippen molar-refractivity contribution in [2.75, 3.05) is 0 Å². The summed E-state index contributed by atoms with van der Waals surface area (Å²) in [6, 6.07) is 8.02. The van der Waals surface area contributed by atoms with E-state index in [0.717, 1.165) is 11.1 Å². The number of halogens is 2. The number of hydrogen-bond acceptors (Lipinski definition) is 3. The zero-order chi connectivity index (χ0) is 11.8. The molecule has 0 unspecified atom stereocenters. The fourth-order valence-corrected chi connectivity index (χ4v) is 2.06. The third-order valence-electron chi connectivity index (χ3n) is 2.35. The van der Waals surface area contributed by atoms with E-state index in [4.69, 9.17) is 11.6 Å². The third-order valence-corrected chi connectivity index (χ3v) is 3.25. The van der Waals surface area contributed by atoms with Crippen LogP contribution in [-0.2, 0) is 0 Å². The van der Waals surface area contributed by atoms with Gasteiger partial charge in [0.25, 0.3) is 0 Å². The molecule has 6 heteroatoms. The highest BCUT2D eigenvalue weighted by atomic mass is 127. The van der Waals surface area contributed by atoms with Crippen molar-refractivity contribution in [2.24, 2.45) is 0 Å². The highest BCUT2D eigenvalue weighted by Gasteiger charge is 2.07. The first-order chi connectivity index (χ1) is 8.24. The van der Waals surface area contributed by atoms with Gasteiger partial charge in [0.2, 0.25) is 5.28 Å². The first-order valence-corrected chi connectivity index (χ1v) is 6.32. The van der Waals surface area contributed by atoms with E-state index >= 15 is 0 Å². The van der Waals surface area contributed by atoms with Gasteiger partial charge in [0.05, 0.1) is 17.3 Å². The molecular weight excluding hydrogens is 351 g/mol. The van der Waals surface area contributed by atoms with Gasteiger partial charge in [-0.2, -0.15) is 10.1 Å². The summed E-state index contributed by atoms with van der Waals surface area (Å²) in [5.74, 6) is 0. The number of nitrogens with zero attached hydrogens (tertiary/aromatic N) is 4. The maximum Gasteiger partial charge on any atom is 0.224 e. The predicted molar refractivity (Wildman–Crippen MR) is 74.4 cm³/mol. The van der Waals surface area contributed by atoms with Crippen molar-refractivity contribution in [3.63, 3.8) is 0 Å². The Kier molecular flexibility index (Phi) is 2.71. The average molecular weight is 357 g/mol. The molecule has 1 aromatic carbocycles. The van der Waals surface area contributed by atoms with Crippen LogP contribution in [0.4, 0.5) is 0 Å². The summed E-state index contributed by atoms with van der Waals surface area (Å²) in [5, 5.41) is 5.38. The summed E-state index contributed by atoms with van der Waals surface area (Å²) in [7, 11) is 0. The lowest BCUT2D eigenvalue weighted by Gasteiger charge is -2.02. The van der Waals surface area contributed by atoms with Crippen LogP contribution in [0.25, 0.3) is 16.7 Å². The molecule has 2 aromatic heterocycles. The van der Waals surface area contributed by atoms with Gasteiger partial charge in [-0.15, -0.1) is 0 Å². The number of hydrogen-bond donors (Lipinski definition) is 0. The maximum atomic E-state index is 5.80. The van der Waals surface area contributed by atoms with Gasteiger partial charge in [-0.25, -0.2) is 9.67 Å². The summed E-state index contributed by atoms with van der Waals surface area (Å²) in [4.78, 5) is 8.12. The average Bonchev–Trinajstić information content (AvgIpc) is 2.73. The fraction of sp³-hybridized carbons (Fsp3) is 0. The van der Waals surface area contributed by atoms with E-state index in [9.17, 15) is 0 Å². The van der Waals surface area contributed by atoms with Gasteiger partial charge in [0, 0.05) is 9.77 Å². The predicted octanol–water partition coefficient (Wildman–Crippen LogP) is 3.07. The van der Waals surface area contributed by atoms with Crippen LogP contribution in [0.2, 0.25) is 5.28 Å². The number of rotatable bonds is 1. The molecule has 0 aliphatic rings. The van der Waals surface area contributed by atoms with Crippen molar-refractivity contribution in [3.05, 3.63) is 45.5 Å². The van der Waals surface area contributed by atoms with E-state index in [2.05, 4.69) is 37.7 Å². The molecule has 0 N–H and O–H groups in total. The molecular formula is C11H6ClIN4. The maximum absolute atomic E-state index is 5.80. The largest absolute Gasteiger partial charge is 0.226 e. The zero-order valence-electron chi connectivity index (χ0n) is 8.51. The Hall–Kier alpha value is -1.21. The SMILES string of the molecule is Clc1ncc2cnn(-c3ccc(I)cc3)c2n1. The van der Waals surface area contributed by atoms with Gasteiger partial charge >= 0.3 is 0 Å². The highest BCUT2D eigenvalue weighted by Crippen LogP contribution is 2.17. The second kappa shape index (κ2) is 4.23. The van der Waals surface area contributed by atoms with Crippen LogP contribution in [0.1, 0.15) is 0 Å². The molecule has 0 saturated carbocycles. The van der Waals surface area contributed by atoms with E-state index < -0.39 is 0 Å². The first kappa shape index (κ1) is 10.9. The second-order valence-corrected chi connectivity index (χ2v) is 5.03. The van der Waals surface area contributed by atoms with Gasteiger partial charge in [0.1, 0.15) is 0 Å². The Bertz CT molecular complexity index is 678. The van der Waals surface area contributed by atoms with Crippen molar-refractivity contribution in [2.45, 2.75) is 0 Å². The number of benzene rings is 1. The second-order valence-electron chi connectivity index (χ2n) is 3.45. The van der Waals surface area contributed by atoms with Crippen molar-refractivity contribution >= 4 is 45.2 Å². The first-order valence-electron chi connectivity index (χ1n) is 4.86. The molecule has 0 spiro atoms. The minimum absolute atomic E-state index is 0.227. The standard InChI is InChI=1S/C11H6ClIN4/c12-11-14-5-7-6-15-17(10(7)16-11)9-3-1-8(13)2-4-9/h1-6H. The molecule has 4 nitrogen and oxygen atoms in total. The molecule has 0 aliphatic heterocycles. The molecule has 17 heavy (non-hydrogen) atoms. The van der Waals surface area contributed by atoms with E-state index in [1.165, 1.54) is 3.57 Å². The molecule has 0 atom stereocenters. The van der Waals surface area contributed by atoms with E-state index in [-0.39, 0.29) is 5.28 Å². The van der Waals surface area contributed by atoms with Crippen molar-refractivity contribution in [1.29, 1.82) is 0 Å². The number of aromatic nitrogens is 4. The smallest absolute Gasteiger partial charge is 0.224 e. The molecule has 84 valence electrons. The topological polar surface area (TPSA) is 43.6 Å². The van der Waals surface area contributed by atoms with Crippen LogP contribution in [-0.4, -0.2) is 19.7 Å². The van der Waals surface area contributed by atoms with Crippen LogP contribution in [0, 0.1) is 3.57 Å². The van der Waals surface area contributed by atoms with Crippen LogP contribution in [0.15, 0.2) is 36.7 Å². The van der Waals surface area contributed by atoms with Crippen molar-refractivity contribution < 1.29 is 0 Å². The lowest BCUT2D eigenvalue weighted by atomic mass is 10.3. The van der Waals surface area contributed by atoms with Crippen LogP contribution in [0.5, 0.6) is 0 Å². The normalized spacial score (nSPS) is 10.9. The Morgan fingerprint density at radius 3 is 2.65 bits per heavy atom. The fourth-order valence-electron chi connectivity index (χ4n) is 1.57. The van der Waals surface area contributed by atoms with Crippen LogP contribution in [0.3, 0.4) is 0 Å². The summed E-state index contributed by atoms with van der Waals surface area (Å²) in [5.41, 5.74) is 1.67. The lowest BCUT2D eigenvalue weighted by molar-refractivity contribution is 0.895. The Morgan fingerprint density at radius 1 is 1.12 bits per heavy atom. The van der Waals surface area contributed by atoms with Gasteiger partial charge in [-0.1, -0.05) is 0 Å². The molecule has 2 heterocycles. The quantitative estimate of drug-likeness (QED) is 0.497. The van der Waals surface area contributed by atoms with E-state index in [1.807, 2.05) is 24.3 Å². The third kappa shape index (κ3) is 2.00. The van der Waals surface area contributed by atoms with Gasteiger partial charge in [-0.05, 0) is 58.5 Å². The van der Waals surface area contributed by atoms with Crippen LogP contribution >= 0.6 is 34.2 Å². The Balaban J connectivity index is 2.23. The molecule has 3 rings (SSSR count). The van der Waals surface area contributed by atoms with Gasteiger partial charge < -0.3 is 0 Å². The Morgan fingerprint density at radius 2 is 1.88 bits per heavy atom. The number of fused-ring (bicyclic) bond motifs is 1. The minimum atomic E-state index is 0.227. The summed E-state index contributed by atoms with van der Waals surface area (Å²) in [6.45, 7) is 0. The summed E-state index contributed by atoms with van der Waals surface area (Å²) < 4.78 is 2.93. The molecule has 0 amide bonds. The van der Waals surface area contributed by atoms with Gasteiger partial charge in [-0.3, -0.25) is 0 Å². The zero-order valence-corrected chi connectivity index (χ0v) is 11.4. The summed E-state index contributed by atoms with van der Waals surface area (Å²) >= 11 is 8.06. The molecule has 0 aliphatic carbocycles. The van der Waals surface area contributed by atoms with E-state index in [1.54, 1.807) is 17.1 Å². The molecule has 3 aromatic rings.